The molecule has 0 saturated carbocycles. The van der Waals surface area contributed by atoms with Crippen LogP contribution >= 0.6 is 11.3 Å². The van der Waals surface area contributed by atoms with Crippen LogP contribution < -0.4 is 5.73 Å². The van der Waals surface area contributed by atoms with Crippen molar-refractivity contribution in [3.8, 4) is 0 Å². The van der Waals surface area contributed by atoms with Crippen LogP contribution in [0.2, 0.25) is 0 Å². The van der Waals surface area contributed by atoms with Gasteiger partial charge in [0.25, 0.3) is 5.91 Å². The maximum Gasteiger partial charge on any atom is 0.266 e. The van der Waals surface area contributed by atoms with Gasteiger partial charge in [0.15, 0.2) is 0 Å². The molecule has 2 heterocycles. The van der Waals surface area contributed by atoms with Crippen molar-refractivity contribution in [1.29, 1.82) is 0 Å². The van der Waals surface area contributed by atoms with Crippen LogP contribution in [0.1, 0.15) is 16.6 Å². The minimum atomic E-state index is -0.0575. The maximum absolute atomic E-state index is 12.3. The van der Waals surface area contributed by atoms with Crippen molar-refractivity contribution >= 4 is 33.1 Å². The van der Waals surface area contributed by atoms with Crippen LogP contribution in [-0.4, -0.2) is 28.9 Å². The number of anilines is 1. The second kappa shape index (κ2) is 5.18. The summed E-state index contributed by atoms with van der Waals surface area (Å²) in [5.41, 5.74) is 6.55. The lowest BCUT2D eigenvalue weighted by molar-refractivity contribution is 0.0788. The molecule has 0 radical (unpaired) electrons. The third kappa shape index (κ3) is 2.09. The van der Waals surface area contributed by atoms with E-state index in [0.717, 1.165) is 10.2 Å². The van der Waals surface area contributed by atoms with Crippen molar-refractivity contribution in [3.63, 3.8) is 0 Å². The third-order valence-corrected chi connectivity index (χ3v) is 3.83. The highest BCUT2D eigenvalue weighted by Gasteiger charge is 2.20. The van der Waals surface area contributed by atoms with Crippen LogP contribution in [0.4, 0.5) is 5.69 Å². The Morgan fingerprint density at radius 1 is 1.67 bits per heavy atom. The summed E-state index contributed by atoms with van der Waals surface area (Å²) >= 11 is 1.34. The number of nitrogen functional groups attached to an aromatic ring is 1. The highest BCUT2D eigenvalue weighted by molar-refractivity contribution is 7.21. The highest BCUT2D eigenvalue weighted by atomic mass is 32.1. The predicted octanol–water partition coefficient (Wildman–Crippen LogP) is 2.53. The van der Waals surface area contributed by atoms with Crippen molar-refractivity contribution < 1.29 is 4.79 Å². The highest BCUT2D eigenvalue weighted by Crippen LogP contribution is 2.32. The van der Waals surface area contributed by atoms with Gasteiger partial charge in [-0.3, -0.25) is 4.79 Å². The van der Waals surface area contributed by atoms with Gasteiger partial charge in [0, 0.05) is 24.7 Å². The SMILES string of the molecule is C=CCN(CC)C(=O)c1sc2ncccc2c1N. The van der Waals surface area contributed by atoms with Crippen LogP contribution in [0.25, 0.3) is 10.2 Å². The zero-order valence-corrected chi connectivity index (χ0v) is 11.0. The molecule has 0 aliphatic heterocycles. The van der Waals surface area contributed by atoms with Gasteiger partial charge in [-0.25, -0.2) is 4.98 Å². The summed E-state index contributed by atoms with van der Waals surface area (Å²) in [5, 5.41) is 0.848. The Labute approximate surface area is 110 Å². The fourth-order valence-electron chi connectivity index (χ4n) is 1.77. The lowest BCUT2D eigenvalue weighted by Crippen LogP contribution is -2.30. The molecule has 0 saturated heterocycles. The summed E-state index contributed by atoms with van der Waals surface area (Å²) in [6.45, 7) is 6.74. The third-order valence-electron chi connectivity index (χ3n) is 2.72. The van der Waals surface area contributed by atoms with Crippen LogP contribution in [0.15, 0.2) is 31.0 Å². The van der Waals surface area contributed by atoms with Gasteiger partial charge in [-0.05, 0) is 19.1 Å². The number of carbonyl (C=O) groups is 1. The van der Waals surface area contributed by atoms with E-state index in [1.165, 1.54) is 11.3 Å². The van der Waals surface area contributed by atoms with Gasteiger partial charge in [0.05, 0.1) is 5.69 Å². The molecule has 18 heavy (non-hydrogen) atoms. The molecular formula is C13H15N3OS. The van der Waals surface area contributed by atoms with Gasteiger partial charge in [-0.2, -0.15) is 0 Å². The van der Waals surface area contributed by atoms with Crippen LogP contribution in [0.3, 0.4) is 0 Å². The fraction of sp³-hybridized carbons (Fsp3) is 0.231. The monoisotopic (exact) mass is 261 g/mol. The largest absolute Gasteiger partial charge is 0.397 e. The van der Waals surface area contributed by atoms with E-state index in [2.05, 4.69) is 11.6 Å². The Hall–Kier alpha value is -1.88. The number of thiophene rings is 1. The Morgan fingerprint density at radius 3 is 3.06 bits per heavy atom. The molecule has 0 fully saturated rings. The normalized spacial score (nSPS) is 10.5. The first-order valence-corrected chi connectivity index (χ1v) is 6.53. The van der Waals surface area contributed by atoms with Crippen molar-refractivity contribution in [3.05, 3.63) is 35.9 Å². The van der Waals surface area contributed by atoms with Gasteiger partial charge >= 0.3 is 0 Å². The van der Waals surface area contributed by atoms with Crippen molar-refractivity contribution in [1.82, 2.24) is 9.88 Å². The number of carbonyl (C=O) groups excluding carboxylic acids is 1. The molecule has 1 amide bonds. The van der Waals surface area contributed by atoms with Gasteiger partial charge < -0.3 is 10.6 Å². The standard InChI is InChI=1S/C13H15N3OS/c1-3-8-16(4-2)13(17)11-10(14)9-6-5-7-15-12(9)18-11/h3,5-7H,1,4,8,14H2,2H3. The van der Waals surface area contributed by atoms with Gasteiger partial charge in [0.2, 0.25) is 0 Å². The minimum Gasteiger partial charge on any atom is -0.397 e. The Morgan fingerprint density at radius 2 is 2.44 bits per heavy atom. The molecule has 0 unspecified atom stereocenters. The first-order chi connectivity index (χ1) is 8.69. The van der Waals surface area contributed by atoms with E-state index in [9.17, 15) is 4.79 Å². The van der Waals surface area contributed by atoms with E-state index >= 15 is 0 Å². The molecule has 94 valence electrons. The molecular weight excluding hydrogens is 246 g/mol. The van der Waals surface area contributed by atoms with Crippen molar-refractivity contribution in [2.75, 3.05) is 18.8 Å². The fourth-order valence-corrected chi connectivity index (χ4v) is 2.80. The molecule has 0 aliphatic rings. The molecule has 0 aromatic carbocycles. The Kier molecular flexibility index (Phi) is 3.62. The lowest BCUT2D eigenvalue weighted by Gasteiger charge is -2.18. The number of likely N-dealkylation sites (N-methyl/N-ethyl adjacent to an activating group) is 1. The Bertz CT molecular complexity index is 591. The zero-order valence-electron chi connectivity index (χ0n) is 10.2. The number of hydrogen-bond donors (Lipinski definition) is 1. The number of aromatic nitrogens is 1. The van der Waals surface area contributed by atoms with Crippen LogP contribution in [0.5, 0.6) is 0 Å². The number of nitrogens with zero attached hydrogens (tertiary/aromatic N) is 2. The quantitative estimate of drug-likeness (QED) is 0.860. The average molecular weight is 261 g/mol. The van der Waals surface area contributed by atoms with E-state index in [4.69, 9.17) is 5.73 Å². The smallest absolute Gasteiger partial charge is 0.266 e. The number of amides is 1. The van der Waals surface area contributed by atoms with E-state index in [-0.39, 0.29) is 5.91 Å². The van der Waals surface area contributed by atoms with Crippen molar-refractivity contribution in [2.45, 2.75) is 6.92 Å². The van der Waals surface area contributed by atoms with E-state index in [1.54, 1.807) is 17.2 Å². The molecule has 4 nitrogen and oxygen atoms in total. The van der Waals surface area contributed by atoms with Crippen molar-refractivity contribution in [2.24, 2.45) is 0 Å². The average Bonchev–Trinajstić information content (AvgIpc) is 2.73. The summed E-state index contributed by atoms with van der Waals surface area (Å²) in [6, 6.07) is 3.70. The number of pyridine rings is 1. The van der Waals surface area contributed by atoms with Crippen LogP contribution in [-0.2, 0) is 0 Å². The number of nitrogens with two attached hydrogens (primary N) is 1. The van der Waals surface area contributed by atoms with Gasteiger partial charge in [0.1, 0.15) is 9.71 Å². The number of rotatable bonds is 4. The second-order valence-corrected chi connectivity index (χ2v) is 4.83. The van der Waals surface area contributed by atoms with E-state index < -0.39 is 0 Å². The Balaban J connectivity index is 2.44. The van der Waals surface area contributed by atoms with E-state index in [0.29, 0.717) is 23.7 Å². The molecule has 2 rings (SSSR count). The number of hydrogen-bond acceptors (Lipinski definition) is 4. The molecule has 0 atom stereocenters. The summed E-state index contributed by atoms with van der Waals surface area (Å²) in [7, 11) is 0. The van der Waals surface area contributed by atoms with E-state index in [1.807, 2.05) is 19.1 Å². The predicted molar refractivity (Wildman–Crippen MR) is 75.8 cm³/mol. The first kappa shape index (κ1) is 12.6. The zero-order chi connectivity index (χ0) is 13.1. The molecule has 0 bridgehead atoms. The molecule has 2 aromatic heterocycles. The minimum absolute atomic E-state index is 0.0575. The lowest BCUT2D eigenvalue weighted by atomic mass is 10.2. The summed E-state index contributed by atoms with van der Waals surface area (Å²) in [4.78, 5) is 19.6. The van der Waals surface area contributed by atoms with Gasteiger partial charge in [-0.15, -0.1) is 17.9 Å². The molecule has 0 aliphatic carbocycles. The van der Waals surface area contributed by atoms with Gasteiger partial charge in [-0.1, -0.05) is 6.08 Å². The molecule has 2 N–H and O–H groups in total. The number of fused-ring (bicyclic) bond motifs is 1. The summed E-state index contributed by atoms with van der Waals surface area (Å²) in [5.74, 6) is -0.0575. The van der Waals surface area contributed by atoms with Crippen LogP contribution in [0, 0.1) is 0 Å². The summed E-state index contributed by atoms with van der Waals surface area (Å²) < 4.78 is 0. The molecule has 2 aromatic rings. The topological polar surface area (TPSA) is 59.2 Å². The summed E-state index contributed by atoms with van der Waals surface area (Å²) in [6.07, 6.45) is 3.41. The molecule has 0 spiro atoms. The first-order valence-electron chi connectivity index (χ1n) is 5.72. The maximum atomic E-state index is 12.3. The molecule has 5 heteroatoms. The second-order valence-electron chi connectivity index (χ2n) is 3.83.